The van der Waals surface area contributed by atoms with Crippen LogP contribution >= 0.6 is 0 Å². The van der Waals surface area contributed by atoms with Gasteiger partial charge in [-0.05, 0) is 48.7 Å². The van der Waals surface area contributed by atoms with Crippen molar-refractivity contribution in [2.24, 2.45) is 5.14 Å². The molecule has 0 atom stereocenters. The Morgan fingerprint density at radius 2 is 1.70 bits per heavy atom. The largest absolute Gasteiger partial charge is 0.338 e. The SMILES string of the molecule is NS(=O)(=O)c1cccc(Nc2ncc(F)c(Nc3cccc(CNS(=O)(=O)C4CC4)c3)n2)c1. The summed E-state index contributed by atoms with van der Waals surface area (Å²) in [6.07, 6.45) is 2.31. The summed E-state index contributed by atoms with van der Waals surface area (Å²) in [6.45, 7) is 0.119. The van der Waals surface area contributed by atoms with E-state index in [-0.39, 0.29) is 28.5 Å². The van der Waals surface area contributed by atoms with Crippen LogP contribution in [0.15, 0.2) is 59.6 Å². The number of nitrogens with zero attached hydrogens (tertiary/aromatic N) is 2. The van der Waals surface area contributed by atoms with Crippen LogP contribution in [-0.2, 0) is 26.6 Å². The molecule has 1 saturated carbocycles. The third-order valence-electron chi connectivity index (χ3n) is 4.79. The fourth-order valence-corrected chi connectivity index (χ4v) is 4.89. The van der Waals surface area contributed by atoms with Crippen LogP contribution in [0.4, 0.5) is 27.5 Å². The molecule has 1 aliphatic carbocycles. The lowest BCUT2D eigenvalue weighted by atomic mass is 10.2. The molecule has 10 nitrogen and oxygen atoms in total. The van der Waals surface area contributed by atoms with Gasteiger partial charge in [0.25, 0.3) is 0 Å². The molecule has 4 rings (SSSR count). The Bertz CT molecular complexity index is 1400. The highest BCUT2D eigenvalue weighted by atomic mass is 32.2. The maximum atomic E-state index is 14.3. The summed E-state index contributed by atoms with van der Waals surface area (Å²) in [5, 5.41) is 10.5. The average Bonchev–Trinajstić information content (AvgIpc) is 3.61. The minimum absolute atomic E-state index is 0.0267. The van der Waals surface area contributed by atoms with E-state index >= 15 is 0 Å². The minimum atomic E-state index is -3.89. The summed E-state index contributed by atoms with van der Waals surface area (Å²) in [4.78, 5) is 7.87. The second-order valence-electron chi connectivity index (χ2n) is 7.48. The number of sulfonamides is 2. The molecule has 0 radical (unpaired) electrons. The van der Waals surface area contributed by atoms with Gasteiger partial charge >= 0.3 is 0 Å². The predicted molar refractivity (Wildman–Crippen MR) is 122 cm³/mol. The van der Waals surface area contributed by atoms with Crippen molar-refractivity contribution in [2.45, 2.75) is 29.5 Å². The fourth-order valence-electron chi connectivity index (χ4n) is 2.97. The lowest BCUT2D eigenvalue weighted by Gasteiger charge is -2.11. The van der Waals surface area contributed by atoms with Crippen molar-refractivity contribution in [3.05, 3.63) is 66.1 Å². The van der Waals surface area contributed by atoms with Gasteiger partial charge in [0.1, 0.15) is 0 Å². The van der Waals surface area contributed by atoms with Crippen LogP contribution in [0.5, 0.6) is 0 Å². The highest BCUT2D eigenvalue weighted by Gasteiger charge is 2.35. The predicted octanol–water partition coefficient (Wildman–Crippen LogP) is 2.33. The second kappa shape index (κ2) is 9.02. The zero-order chi connectivity index (χ0) is 23.6. The number of hydrogen-bond acceptors (Lipinski definition) is 8. The molecule has 0 spiro atoms. The molecule has 3 aromatic rings. The highest BCUT2D eigenvalue weighted by molar-refractivity contribution is 7.90. The molecule has 1 fully saturated rings. The summed E-state index contributed by atoms with van der Waals surface area (Å²) in [7, 11) is -7.21. The van der Waals surface area contributed by atoms with Gasteiger partial charge in [-0.25, -0.2) is 36.1 Å². The zero-order valence-electron chi connectivity index (χ0n) is 17.2. The first-order chi connectivity index (χ1) is 15.6. The van der Waals surface area contributed by atoms with Crippen LogP contribution in [0.1, 0.15) is 18.4 Å². The van der Waals surface area contributed by atoms with Crippen molar-refractivity contribution in [2.75, 3.05) is 10.6 Å². The number of halogens is 1. The normalized spacial score (nSPS) is 14.1. The maximum absolute atomic E-state index is 14.3. The van der Waals surface area contributed by atoms with Crippen molar-refractivity contribution in [3.63, 3.8) is 0 Å². The van der Waals surface area contributed by atoms with E-state index in [9.17, 15) is 21.2 Å². The molecular weight excluding hydrogens is 471 g/mol. The molecule has 0 saturated heterocycles. The van der Waals surface area contributed by atoms with Gasteiger partial charge in [0.2, 0.25) is 26.0 Å². The quantitative estimate of drug-likeness (QED) is 0.355. The monoisotopic (exact) mass is 492 g/mol. The smallest absolute Gasteiger partial charge is 0.238 e. The number of rotatable bonds is 9. The number of benzene rings is 2. The number of hydrogen-bond donors (Lipinski definition) is 4. The van der Waals surface area contributed by atoms with Gasteiger partial charge in [-0.1, -0.05) is 18.2 Å². The van der Waals surface area contributed by atoms with Gasteiger partial charge in [-0.3, -0.25) is 0 Å². The Kier molecular flexibility index (Phi) is 6.30. The van der Waals surface area contributed by atoms with Gasteiger partial charge < -0.3 is 10.6 Å². The number of aromatic nitrogens is 2. The van der Waals surface area contributed by atoms with E-state index in [1.54, 1.807) is 30.3 Å². The molecule has 13 heteroatoms. The molecule has 0 unspecified atom stereocenters. The van der Waals surface area contributed by atoms with Crippen LogP contribution in [0.25, 0.3) is 0 Å². The van der Waals surface area contributed by atoms with Gasteiger partial charge in [-0.2, -0.15) is 4.98 Å². The van der Waals surface area contributed by atoms with Gasteiger partial charge in [0, 0.05) is 17.9 Å². The molecule has 0 aliphatic heterocycles. The van der Waals surface area contributed by atoms with E-state index in [0.29, 0.717) is 29.8 Å². The molecule has 1 heterocycles. The van der Waals surface area contributed by atoms with Crippen molar-refractivity contribution >= 4 is 43.2 Å². The third-order valence-corrected chi connectivity index (χ3v) is 7.60. The Hall–Kier alpha value is -3.13. The van der Waals surface area contributed by atoms with E-state index in [4.69, 9.17) is 5.14 Å². The summed E-state index contributed by atoms with van der Waals surface area (Å²) >= 11 is 0. The standard InChI is InChI=1S/C20H21FN6O4S2/c21-18-12-23-20(26-15-5-2-6-17(10-15)32(22,28)29)27-19(18)25-14-4-1-3-13(9-14)11-24-33(30,31)16-7-8-16/h1-6,9-10,12,16,24H,7-8,11H2,(H2,22,28,29)(H2,23,25,26,27). The van der Waals surface area contributed by atoms with Gasteiger partial charge in [0.15, 0.2) is 11.6 Å². The lowest BCUT2D eigenvalue weighted by Crippen LogP contribution is -2.26. The summed E-state index contributed by atoms with van der Waals surface area (Å²) in [5.41, 5.74) is 1.54. The van der Waals surface area contributed by atoms with Crippen molar-refractivity contribution < 1.29 is 21.2 Å². The van der Waals surface area contributed by atoms with Crippen molar-refractivity contribution in [3.8, 4) is 0 Å². The highest BCUT2D eigenvalue weighted by Crippen LogP contribution is 2.28. The van der Waals surface area contributed by atoms with E-state index in [0.717, 1.165) is 6.20 Å². The molecule has 1 aliphatic rings. The number of primary sulfonamides is 1. The van der Waals surface area contributed by atoms with E-state index in [1.165, 1.54) is 18.2 Å². The zero-order valence-corrected chi connectivity index (χ0v) is 18.8. The average molecular weight is 493 g/mol. The summed E-state index contributed by atoms with van der Waals surface area (Å²) in [5.74, 6) is -0.802. The minimum Gasteiger partial charge on any atom is -0.338 e. The molecule has 33 heavy (non-hydrogen) atoms. The van der Waals surface area contributed by atoms with Crippen LogP contribution in [-0.4, -0.2) is 32.1 Å². The van der Waals surface area contributed by atoms with Gasteiger partial charge in [-0.15, -0.1) is 0 Å². The molecule has 174 valence electrons. The molecule has 1 aromatic heterocycles. The Balaban J connectivity index is 1.48. The molecule has 0 amide bonds. The van der Waals surface area contributed by atoms with E-state index in [2.05, 4.69) is 25.3 Å². The first-order valence-corrected chi connectivity index (χ1v) is 13.0. The molecule has 2 aromatic carbocycles. The molecule has 5 N–H and O–H groups in total. The summed E-state index contributed by atoms with van der Waals surface area (Å²) < 4.78 is 64.0. The number of nitrogens with one attached hydrogen (secondary N) is 3. The van der Waals surface area contributed by atoms with E-state index < -0.39 is 25.9 Å². The lowest BCUT2D eigenvalue weighted by molar-refractivity contribution is 0.580. The number of nitrogens with two attached hydrogens (primary N) is 1. The van der Waals surface area contributed by atoms with Crippen LogP contribution < -0.4 is 20.5 Å². The second-order valence-corrected chi connectivity index (χ2v) is 11.1. The van der Waals surface area contributed by atoms with Crippen LogP contribution in [0.2, 0.25) is 0 Å². The topological polar surface area (TPSA) is 156 Å². The first-order valence-electron chi connectivity index (χ1n) is 9.87. The van der Waals surface area contributed by atoms with Crippen LogP contribution in [0, 0.1) is 5.82 Å². The number of anilines is 4. The van der Waals surface area contributed by atoms with Crippen LogP contribution in [0.3, 0.4) is 0 Å². The van der Waals surface area contributed by atoms with Crippen molar-refractivity contribution in [1.29, 1.82) is 0 Å². The molecule has 0 bridgehead atoms. The first kappa shape index (κ1) is 23.0. The fraction of sp³-hybridized carbons (Fsp3) is 0.200. The molecular formula is C20H21FN6O4S2. The Labute approximate surface area is 190 Å². The van der Waals surface area contributed by atoms with E-state index in [1.807, 2.05) is 0 Å². The summed E-state index contributed by atoms with van der Waals surface area (Å²) in [6, 6.07) is 12.6. The third kappa shape index (κ3) is 6.01. The van der Waals surface area contributed by atoms with Gasteiger partial charge in [0.05, 0.1) is 16.3 Å². The Morgan fingerprint density at radius 3 is 2.39 bits per heavy atom. The maximum Gasteiger partial charge on any atom is 0.238 e. The van der Waals surface area contributed by atoms with Crippen molar-refractivity contribution in [1.82, 2.24) is 14.7 Å². The Morgan fingerprint density at radius 1 is 1.00 bits per heavy atom.